The lowest BCUT2D eigenvalue weighted by Crippen LogP contribution is -2.37. The third kappa shape index (κ3) is 5.98. The molecule has 17 heteroatoms. The maximum Gasteiger partial charge on any atom is 0.204 e. The van der Waals surface area contributed by atoms with Gasteiger partial charge in [-0.1, -0.05) is 0 Å². The van der Waals surface area contributed by atoms with Crippen LogP contribution in [0.1, 0.15) is 30.7 Å². The van der Waals surface area contributed by atoms with Gasteiger partial charge in [0.1, 0.15) is 10.6 Å². The highest BCUT2D eigenvalue weighted by Gasteiger charge is 2.44. The Balaban J connectivity index is 1.52. The van der Waals surface area contributed by atoms with Crippen molar-refractivity contribution in [2.75, 3.05) is 43.6 Å². The van der Waals surface area contributed by atoms with Crippen molar-refractivity contribution in [3.05, 3.63) is 70.2 Å². The van der Waals surface area contributed by atoms with E-state index < -0.39 is 59.7 Å². The average molecular weight is 685 g/mol. The van der Waals surface area contributed by atoms with Gasteiger partial charge in [-0.05, 0) is 57.7 Å². The van der Waals surface area contributed by atoms with E-state index in [1.54, 1.807) is 6.07 Å². The molecule has 2 aromatic carbocycles. The molecule has 1 aliphatic rings. The molecule has 2 aromatic heterocycles. The number of hydrogen-bond acceptors (Lipinski definition) is 10. The molecule has 46 heavy (non-hydrogen) atoms. The second-order valence-electron chi connectivity index (χ2n) is 10.8. The summed E-state index contributed by atoms with van der Waals surface area (Å²) in [5.74, 6) is -6.78. The third-order valence-corrected chi connectivity index (χ3v) is 10.8. The molecule has 5 rings (SSSR count). The van der Waals surface area contributed by atoms with E-state index >= 15 is 4.39 Å². The lowest BCUT2D eigenvalue weighted by atomic mass is 9.98. The molecule has 0 atom stereocenters. The number of aromatic amines is 1. The Morgan fingerprint density at radius 3 is 2.22 bits per heavy atom. The fourth-order valence-electron chi connectivity index (χ4n) is 4.86. The highest BCUT2D eigenvalue weighted by molar-refractivity contribution is 7.99. The molecule has 0 bridgehead atoms. The van der Waals surface area contributed by atoms with Crippen molar-refractivity contribution in [1.29, 1.82) is 0 Å². The molecule has 0 spiro atoms. The van der Waals surface area contributed by atoms with Crippen LogP contribution in [0.5, 0.6) is 5.75 Å². The maximum absolute atomic E-state index is 15.6. The summed E-state index contributed by atoms with van der Waals surface area (Å²) in [6, 6.07) is 4.56. The number of sulfone groups is 1. The first kappa shape index (κ1) is 33.4. The van der Waals surface area contributed by atoms with E-state index in [9.17, 15) is 26.0 Å². The number of methoxy groups -OCH3 is 1. The van der Waals surface area contributed by atoms with Crippen LogP contribution in [0.4, 0.5) is 39.4 Å². The largest absolute Gasteiger partial charge is 0.490 e. The molecule has 1 fully saturated rings. The van der Waals surface area contributed by atoms with E-state index in [0.29, 0.717) is 49.8 Å². The fraction of sp³-hybridized carbons (Fsp3) is 0.345. The summed E-state index contributed by atoms with van der Waals surface area (Å²) in [4.78, 5) is 10.3. The number of H-pyrrole nitrogens is 1. The van der Waals surface area contributed by atoms with Crippen molar-refractivity contribution in [3.8, 4) is 5.75 Å². The van der Waals surface area contributed by atoms with E-state index in [0.717, 1.165) is 50.4 Å². The molecular formula is C29H29F5N6O4S2. The lowest BCUT2D eigenvalue weighted by molar-refractivity contribution is 0.122. The van der Waals surface area contributed by atoms with Crippen molar-refractivity contribution in [1.82, 2.24) is 20.2 Å². The Hall–Kier alpha value is -3.96. The van der Waals surface area contributed by atoms with Crippen LogP contribution >= 0.6 is 11.8 Å². The van der Waals surface area contributed by atoms with E-state index in [1.807, 2.05) is 11.8 Å². The van der Waals surface area contributed by atoms with Crippen LogP contribution in [-0.4, -0.2) is 62.0 Å². The van der Waals surface area contributed by atoms with E-state index in [4.69, 9.17) is 9.47 Å². The molecule has 4 aromatic rings. The van der Waals surface area contributed by atoms with Gasteiger partial charge in [0.15, 0.2) is 55.7 Å². The van der Waals surface area contributed by atoms with Gasteiger partial charge in [-0.3, -0.25) is 5.10 Å². The number of aromatic nitrogens is 4. The Labute approximate surface area is 265 Å². The van der Waals surface area contributed by atoms with Crippen LogP contribution in [0, 0.1) is 42.9 Å². The summed E-state index contributed by atoms with van der Waals surface area (Å²) in [5.41, 5.74) is -1.49. The Morgan fingerprint density at radius 1 is 1.00 bits per heavy atom. The molecule has 0 unspecified atom stereocenters. The summed E-state index contributed by atoms with van der Waals surface area (Å²) < 4.78 is 110. The van der Waals surface area contributed by atoms with Crippen molar-refractivity contribution in [3.63, 3.8) is 0 Å². The number of ether oxygens (including phenoxy) is 2. The molecule has 0 radical (unpaired) electrons. The predicted molar refractivity (Wildman–Crippen MR) is 160 cm³/mol. The van der Waals surface area contributed by atoms with Crippen LogP contribution in [0.25, 0.3) is 0 Å². The average Bonchev–Trinajstić information content (AvgIpc) is 3.44. The fourth-order valence-corrected chi connectivity index (χ4v) is 7.16. The summed E-state index contributed by atoms with van der Waals surface area (Å²) >= 11 is 0.782. The second-order valence-corrected chi connectivity index (χ2v) is 14.3. The number of nitrogens with zero attached hydrogens (tertiary/aromatic N) is 4. The molecule has 0 saturated carbocycles. The quantitative estimate of drug-likeness (QED) is 0.124. The second kappa shape index (κ2) is 12.7. The van der Waals surface area contributed by atoms with Crippen LogP contribution < -0.4 is 15.0 Å². The SMILES string of the molecule is COc1c(Nc2cc(C)[nH]n2)nc(Sc2ccc(S(=O)(=O)C(C)(C)c3c(F)c(F)c(C)c(F)c3F)cc2F)nc1N1CCOCC1. The number of nitrogens with one attached hydrogen (secondary N) is 2. The van der Waals surface area contributed by atoms with Crippen molar-refractivity contribution < 1.29 is 39.8 Å². The number of rotatable bonds is 9. The summed E-state index contributed by atoms with van der Waals surface area (Å²) in [7, 11) is -3.36. The van der Waals surface area contributed by atoms with Gasteiger partial charge in [0.05, 0.1) is 35.7 Å². The standard InChI is InChI=1S/C29H29F5N6O4S2/c1-14-12-19(39-38-14)35-26-25(43-5)27(40-8-10-44-11-9-40)37-28(36-26)45-18-7-6-16(13-17(18)30)46(41,42)29(3,4)20-23(33)21(31)15(2)22(32)24(20)34/h6-7,12-13H,8-11H2,1-5H3,(H2,35,36,37,38,39). The number of halogens is 5. The van der Waals surface area contributed by atoms with E-state index in [1.165, 1.54) is 7.11 Å². The minimum atomic E-state index is -4.81. The predicted octanol–water partition coefficient (Wildman–Crippen LogP) is 5.96. The monoisotopic (exact) mass is 684 g/mol. The number of aryl methyl sites for hydroxylation is 1. The smallest absolute Gasteiger partial charge is 0.204 e. The molecule has 1 saturated heterocycles. The van der Waals surface area contributed by atoms with Crippen LogP contribution in [0.15, 0.2) is 39.2 Å². The van der Waals surface area contributed by atoms with Crippen LogP contribution in [-0.2, 0) is 19.3 Å². The van der Waals surface area contributed by atoms with Crippen molar-refractivity contribution >= 4 is 39.1 Å². The minimum absolute atomic E-state index is 0.0710. The first-order valence-corrected chi connectivity index (χ1v) is 16.1. The molecule has 3 heterocycles. The Kier molecular flexibility index (Phi) is 9.21. The molecule has 2 N–H and O–H groups in total. The summed E-state index contributed by atoms with van der Waals surface area (Å²) in [6.07, 6.45) is 0. The maximum atomic E-state index is 15.6. The van der Waals surface area contributed by atoms with Gasteiger partial charge in [-0.25, -0.2) is 40.3 Å². The van der Waals surface area contributed by atoms with E-state index in [-0.39, 0.29) is 15.9 Å². The molecule has 0 aliphatic carbocycles. The minimum Gasteiger partial charge on any atom is -0.490 e. The third-order valence-electron chi connectivity index (χ3n) is 7.47. The Bertz CT molecular complexity index is 1890. The van der Waals surface area contributed by atoms with Gasteiger partial charge in [0, 0.05) is 30.4 Å². The first-order chi connectivity index (χ1) is 21.7. The van der Waals surface area contributed by atoms with Gasteiger partial charge >= 0.3 is 0 Å². The normalized spacial score (nSPS) is 14.1. The molecule has 10 nitrogen and oxygen atoms in total. The summed E-state index contributed by atoms with van der Waals surface area (Å²) in [5, 5.41) is 10.1. The number of hydrogen-bond donors (Lipinski definition) is 2. The van der Waals surface area contributed by atoms with Gasteiger partial charge in [0.25, 0.3) is 0 Å². The lowest BCUT2D eigenvalue weighted by Gasteiger charge is -2.29. The molecular weight excluding hydrogens is 655 g/mol. The zero-order chi connectivity index (χ0) is 33.6. The zero-order valence-corrected chi connectivity index (χ0v) is 26.9. The van der Waals surface area contributed by atoms with Crippen LogP contribution in [0.2, 0.25) is 0 Å². The van der Waals surface area contributed by atoms with Gasteiger partial charge < -0.3 is 19.7 Å². The molecule has 246 valence electrons. The van der Waals surface area contributed by atoms with E-state index in [2.05, 4.69) is 25.5 Å². The topological polar surface area (TPSA) is 122 Å². The van der Waals surface area contributed by atoms with Gasteiger partial charge in [-0.2, -0.15) is 5.10 Å². The number of morpholine rings is 1. The van der Waals surface area contributed by atoms with Gasteiger partial charge in [0.2, 0.25) is 5.75 Å². The van der Waals surface area contributed by atoms with Crippen LogP contribution in [0.3, 0.4) is 0 Å². The van der Waals surface area contributed by atoms with Crippen molar-refractivity contribution in [2.24, 2.45) is 0 Å². The molecule has 0 amide bonds. The number of benzene rings is 2. The highest BCUT2D eigenvalue weighted by Crippen LogP contribution is 2.42. The number of anilines is 3. The highest BCUT2D eigenvalue weighted by atomic mass is 32.2. The molecule has 1 aliphatic heterocycles. The van der Waals surface area contributed by atoms with Crippen molar-refractivity contribution in [2.45, 2.75) is 47.4 Å². The summed E-state index contributed by atoms with van der Waals surface area (Å²) in [6.45, 7) is 6.26. The Morgan fingerprint density at radius 2 is 1.65 bits per heavy atom. The first-order valence-electron chi connectivity index (χ1n) is 13.8. The van der Waals surface area contributed by atoms with Gasteiger partial charge in [-0.15, -0.1) is 0 Å². The zero-order valence-electron chi connectivity index (χ0n) is 25.3.